The molecule has 4 nitrogen and oxygen atoms in total. The van der Waals surface area contributed by atoms with Crippen LogP contribution in [0.1, 0.15) is 19.8 Å². The number of unbranched alkanes of at least 4 members (excludes halogenated alkanes) is 1. The van der Waals surface area contributed by atoms with Crippen LogP contribution in [-0.4, -0.2) is 44.2 Å². The van der Waals surface area contributed by atoms with E-state index >= 15 is 0 Å². The van der Waals surface area contributed by atoms with Gasteiger partial charge < -0.3 is 19.9 Å². The topological polar surface area (TPSA) is 50.7 Å². The molecule has 0 bridgehead atoms. The number of hydrogen-bond donors (Lipinski definition) is 2. The lowest BCUT2D eigenvalue weighted by atomic mass is 10.3. The maximum Gasteiger partial charge on any atom is 0.0945 e. The van der Waals surface area contributed by atoms with E-state index in [0.717, 1.165) is 25.1 Å². The van der Waals surface area contributed by atoms with Crippen LogP contribution in [0, 0.1) is 0 Å². The Kier molecular flexibility index (Phi) is 9.41. The zero-order chi connectivity index (χ0) is 14.6. The van der Waals surface area contributed by atoms with Crippen molar-refractivity contribution in [3.63, 3.8) is 0 Å². The molecule has 1 atom stereocenters. The monoisotopic (exact) mass is 301 g/mol. The van der Waals surface area contributed by atoms with E-state index in [4.69, 9.17) is 21.1 Å². The van der Waals surface area contributed by atoms with Gasteiger partial charge in [0.05, 0.1) is 25.9 Å². The van der Waals surface area contributed by atoms with E-state index in [-0.39, 0.29) is 0 Å². The highest BCUT2D eigenvalue weighted by molar-refractivity contribution is 6.30. The third-order valence-electron chi connectivity index (χ3n) is 2.69. The van der Waals surface area contributed by atoms with Gasteiger partial charge in [0.25, 0.3) is 0 Å². The van der Waals surface area contributed by atoms with Crippen molar-refractivity contribution in [2.75, 3.05) is 38.3 Å². The molecule has 20 heavy (non-hydrogen) atoms. The SMILES string of the molecule is CCCCOCCOCC(O)CNc1cccc(Cl)c1. The first-order valence-electron chi connectivity index (χ1n) is 7.05. The Morgan fingerprint density at radius 1 is 1.25 bits per heavy atom. The molecule has 0 aliphatic heterocycles. The summed E-state index contributed by atoms with van der Waals surface area (Å²) in [5.74, 6) is 0. The van der Waals surface area contributed by atoms with Gasteiger partial charge in [-0.05, 0) is 24.6 Å². The standard InChI is InChI=1S/C15H24ClNO3/c1-2-3-7-19-8-9-20-12-15(18)11-17-14-6-4-5-13(16)10-14/h4-6,10,15,17-18H,2-3,7-9,11-12H2,1H3. The van der Waals surface area contributed by atoms with E-state index in [0.29, 0.717) is 31.4 Å². The van der Waals surface area contributed by atoms with Gasteiger partial charge in [-0.15, -0.1) is 0 Å². The molecule has 0 fully saturated rings. The van der Waals surface area contributed by atoms with Crippen molar-refractivity contribution in [1.82, 2.24) is 0 Å². The quantitative estimate of drug-likeness (QED) is 0.617. The second kappa shape index (κ2) is 10.9. The maximum absolute atomic E-state index is 9.76. The highest BCUT2D eigenvalue weighted by Gasteiger charge is 2.04. The summed E-state index contributed by atoms with van der Waals surface area (Å²) in [6.07, 6.45) is 1.66. The average Bonchev–Trinajstić information content (AvgIpc) is 2.44. The summed E-state index contributed by atoms with van der Waals surface area (Å²) in [6.45, 7) is 4.72. The molecule has 1 aromatic carbocycles. The molecule has 0 saturated heterocycles. The van der Waals surface area contributed by atoms with Crippen molar-refractivity contribution in [2.45, 2.75) is 25.9 Å². The lowest BCUT2D eigenvalue weighted by Gasteiger charge is -2.13. The number of halogens is 1. The van der Waals surface area contributed by atoms with Crippen LogP contribution in [0.15, 0.2) is 24.3 Å². The number of hydrogen-bond acceptors (Lipinski definition) is 4. The molecule has 0 saturated carbocycles. The fraction of sp³-hybridized carbons (Fsp3) is 0.600. The molecule has 2 N–H and O–H groups in total. The molecular weight excluding hydrogens is 278 g/mol. The number of ether oxygens (including phenoxy) is 2. The van der Waals surface area contributed by atoms with Gasteiger partial charge in [-0.25, -0.2) is 0 Å². The van der Waals surface area contributed by atoms with Crippen LogP contribution in [0.4, 0.5) is 5.69 Å². The van der Waals surface area contributed by atoms with E-state index in [1.54, 1.807) is 0 Å². The van der Waals surface area contributed by atoms with Gasteiger partial charge in [0.1, 0.15) is 0 Å². The molecule has 0 heterocycles. The van der Waals surface area contributed by atoms with Crippen LogP contribution in [-0.2, 0) is 9.47 Å². The Hall–Kier alpha value is -0.810. The number of aliphatic hydroxyl groups excluding tert-OH is 1. The average molecular weight is 302 g/mol. The number of benzene rings is 1. The van der Waals surface area contributed by atoms with Gasteiger partial charge in [0.15, 0.2) is 0 Å². The largest absolute Gasteiger partial charge is 0.389 e. The summed E-state index contributed by atoms with van der Waals surface area (Å²) in [5, 5.41) is 13.5. The minimum absolute atomic E-state index is 0.296. The summed E-state index contributed by atoms with van der Waals surface area (Å²) in [6, 6.07) is 7.39. The zero-order valence-electron chi connectivity index (χ0n) is 12.0. The van der Waals surface area contributed by atoms with Crippen LogP contribution >= 0.6 is 11.6 Å². The molecule has 0 spiro atoms. The minimum Gasteiger partial charge on any atom is -0.389 e. The molecular formula is C15H24ClNO3. The minimum atomic E-state index is -0.551. The summed E-state index contributed by atoms with van der Waals surface area (Å²) in [5.41, 5.74) is 0.888. The van der Waals surface area contributed by atoms with Gasteiger partial charge in [0, 0.05) is 23.9 Å². The van der Waals surface area contributed by atoms with Gasteiger partial charge in [0.2, 0.25) is 0 Å². The number of anilines is 1. The maximum atomic E-state index is 9.76. The zero-order valence-corrected chi connectivity index (χ0v) is 12.7. The number of rotatable bonds is 11. The third-order valence-corrected chi connectivity index (χ3v) is 2.93. The molecule has 0 amide bonds. The van der Waals surface area contributed by atoms with Crippen molar-refractivity contribution in [3.8, 4) is 0 Å². The lowest BCUT2D eigenvalue weighted by molar-refractivity contribution is 0.00749. The van der Waals surface area contributed by atoms with E-state index in [9.17, 15) is 5.11 Å². The third kappa shape index (κ3) is 8.38. The Morgan fingerprint density at radius 2 is 2.05 bits per heavy atom. The van der Waals surface area contributed by atoms with Gasteiger partial charge in [-0.2, -0.15) is 0 Å². The second-order valence-electron chi connectivity index (χ2n) is 4.59. The first kappa shape index (κ1) is 17.2. The summed E-state index contributed by atoms with van der Waals surface area (Å²) in [7, 11) is 0. The van der Waals surface area contributed by atoms with E-state index in [2.05, 4.69) is 12.2 Å². The number of nitrogens with one attached hydrogen (secondary N) is 1. The predicted molar refractivity (Wildman–Crippen MR) is 82.5 cm³/mol. The van der Waals surface area contributed by atoms with Crippen LogP contribution in [0.25, 0.3) is 0 Å². The van der Waals surface area contributed by atoms with E-state index in [1.807, 2.05) is 24.3 Å². The van der Waals surface area contributed by atoms with Gasteiger partial charge >= 0.3 is 0 Å². The Balaban J connectivity index is 2.01. The first-order valence-corrected chi connectivity index (χ1v) is 7.43. The lowest BCUT2D eigenvalue weighted by Crippen LogP contribution is -2.25. The molecule has 0 aromatic heterocycles. The van der Waals surface area contributed by atoms with Crippen molar-refractivity contribution in [3.05, 3.63) is 29.3 Å². The van der Waals surface area contributed by atoms with Gasteiger partial charge in [-0.1, -0.05) is 31.0 Å². The van der Waals surface area contributed by atoms with Crippen LogP contribution < -0.4 is 5.32 Å². The molecule has 1 aromatic rings. The second-order valence-corrected chi connectivity index (χ2v) is 5.02. The molecule has 0 aliphatic rings. The Labute approximate surface area is 126 Å². The predicted octanol–water partition coefficient (Wildman–Crippen LogP) is 2.95. The summed E-state index contributed by atoms with van der Waals surface area (Å²) >= 11 is 5.87. The molecule has 0 radical (unpaired) electrons. The van der Waals surface area contributed by atoms with Crippen molar-refractivity contribution >= 4 is 17.3 Å². The molecule has 1 unspecified atom stereocenters. The first-order chi connectivity index (χ1) is 9.72. The van der Waals surface area contributed by atoms with Crippen LogP contribution in [0.2, 0.25) is 5.02 Å². The molecule has 114 valence electrons. The smallest absolute Gasteiger partial charge is 0.0945 e. The molecule has 1 rings (SSSR count). The van der Waals surface area contributed by atoms with Gasteiger partial charge in [-0.3, -0.25) is 0 Å². The van der Waals surface area contributed by atoms with Crippen molar-refractivity contribution in [2.24, 2.45) is 0 Å². The highest BCUT2D eigenvalue weighted by atomic mass is 35.5. The molecule has 0 aliphatic carbocycles. The van der Waals surface area contributed by atoms with Crippen molar-refractivity contribution in [1.29, 1.82) is 0 Å². The fourth-order valence-electron chi connectivity index (χ4n) is 1.58. The normalized spacial score (nSPS) is 12.3. The fourth-order valence-corrected chi connectivity index (χ4v) is 1.77. The number of aliphatic hydroxyl groups is 1. The van der Waals surface area contributed by atoms with E-state index in [1.165, 1.54) is 0 Å². The van der Waals surface area contributed by atoms with Crippen molar-refractivity contribution < 1.29 is 14.6 Å². The summed E-state index contributed by atoms with van der Waals surface area (Å²) < 4.78 is 10.7. The Bertz CT molecular complexity index is 363. The van der Waals surface area contributed by atoms with E-state index < -0.39 is 6.10 Å². The highest BCUT2D eigenvalue weighted by Crippen LogP contribution is 2.14. The van der Waals surface area contributed by atoms with Crippen LogP contribution in [0.5, 0.6) is 0 Å². The van der Waals surface area contributed by atoms with Crippen LogP contribution in [0.3, 0.4) is 0 Å². The summed E-state index contributed by atoms with van der Waals surface area (Å²) in [4.78, 5) is 0. The molecule has 5 heteroatoms. The Morgan fingerprint density at radius 3 is 2.80 bits per heavy atom.